The van der Waals surface area contributed by atoms with Crippen LogP contribution in [0.3, 0.4) is 0 Å². The van der Waals surface area contributed by atoms with Crippen LogP contribution in [0, 0.1) is 11.7 Å². The molecule has 1 heterocycles. The normalized spacial score (nSPS) is 14.5. The van der Waals surface area contributed by atoms with Gasteiger partial charge in [-0.3, -0.25) is 4.79 Å². The van der Waals surface area contributed by atoms with Gasteiger partial charge in [0, 0.05) is 19.6 Å². The van der Waals surface area contributed by atoms with Crippen LogP contribution in [0.4, 0.5) is 4.39 Å². The van der Waals surface area contributed by atoms with Crippen molar-refractivity contribution >= 4 is 35.9 Å². The molecule has 0 aromatic heterocycles. The molecule has 1 fully saturated rings. The second-order valence-corrected chi connectivity index (χ2v) is 7.52. The van der Waals surface area contributed by atoms with E-state index in [2.05, 4.69) is 10.2 Å². The van der Waals surface area contributed by atoms with E-state index in [-0.39, 0.29) is 41.7 Å². The minimum Gasteiger partial charge on any atom is -0.489 e. The molecule has 0 atom stereocenters. The molecule has 1 aliphatic heterocycles. The van der Waals surface area contributed by atoms with Crippen LogP contribution in [0.25, 0.3) is 0 Å². The number of ether oxygens (including phenoxy) is 2. The number of hydrogen-bond donors (Lipinski definition) is 1. The second-order valence-electron chi connectivity index (χ2n) is 7.52. The third-order valence-corrected chi connectivity index (χ3v) is 5.29. The number of aliphatic imine (C=N–C) groups is 1. The van der Waals surface area contributed by atoms with E-state index in [1.165, 1.54) is 19.2 Å². The molecule has 0 amide bonds. The Hall–Kier alpha value is -2.36. The molecule has 1 saturated heterocycles. The van der Waals surface area contributed by atoms with Crippen LogP contribution < -0.4 is 10.1 Å². The number of hydrogen-bond acceptors (Lipinski definition) is 4. The molecule has 3 rings (SSSR count). The number of nitrogens with zero attached hydrogens (tertiary/aromatic N) is 2. The molecular formula is C24H31FIN3O3. The van der Waals surface area contributed by atoms with E-state index >= 15 is 0 Å². The number of carbonyl (C=O) groups is 1. The molecule has 2 aromatic carbocycles. The van der Waals surface area contributed by atoms with Gasteiger partial charge in [-0.2, -0.15) is 0 Å². The third kappa shape index (κ3) is 7.65. The summed E-state index contributed by atoms with van der Waals surface area (Å²) in [6.45, 7) is 5.24. The van der Waals surface area contributed by atoms with Gasteiger partial charge in [-0.1, -0.05) is 24.3 Å². The number of rotatable bonds is 7. The van der Waals surface area contributed by atoms with Crippen molar-refractivity contribution in [3.8, 4) is 5.75 Å². The zero-order valence-electron chi connectivity index (χ0n) is 18.6. The van der Waals surface area contributed by atoms with Crippen molar-refractivity contribution in [3.63, 3.8) is 0 Å². The topological polar surface area (TPSA) is 63.2 Å². The molecule has 0 aliphatic carbocycles. The first kappa shape index (κ1) is 25.9. The Bertz CT molecular complexity index is 884. The van der Waals surface area contributed by atoms with Gasteiger partial charge in [0.1, 0.15) is 18.2 Å². The van der Waals surface area contributed by atoms with Crippen molar-refractivity contribution in [2.24, 2.45) is 10.9 Å². The highest BCUT2D eigenvalue weighted by atomic mass is 127. The quantitative estimate of drug-likeness (QED) is 0.238. The summed E-state index contributed by atoms with van der Waals surface area (Å²) >= 11 is 0. The Morgan fingerprint density at radius 1 is 1.16 bits per heavy atom. The van der Waals surface area contributed by atoms with E-state index in [0.29, 0.717) is 13.2 Å². The Labute approximate surface area is 206 Å². The molecule has 0 radical (unpaired) electrons. The van der Waals surface area contributed by atoms with Gasteiger partial charge in [0.05, 0.1) is 19.6 Å². The van der Waals surface area contributed by atoms with Gasteiger partial charge >= 0.3 is 5.97 Å². The summed E-state index contributed by atoms with van der Waals surface area (Å²) in [6, 6.07) is 14.2. The first-order chi connectivity index (χ1) is 15.1. The molecule has 6 nitrogen and oxygen atoms in total. The van der Waals surface area contributed by atoms with E-state index in [0.717, 1.165) is 55.3 Å². The van der Waals surface area contributed by atoms with E-state index in [4.69, 9.17) is 14.5 Å². The molecule has 1 aliphatic rings. The highest BCUT2D eigenvalue weighted by Crippen LogP contribution is 2.19. The fourth-order valence-corrected chi connectivity index (χ4v) is 3.57. The lowest BCUT2D eigenvalue weighted by Gasteiger charge is -2.33. The summed E-state index contributed by atoms with van der Waals surface area (Å²) in [5, 5.41) is 3.34. The predicted octanol–water partition coefficient (Wildman–Crippen LogP) is 4.37. The first-order valence-electron chi connectivity index (χ1n) is 10.7. The minimum atomic E-state index is -0.264. The van der Waals surface area contributed by atoms with Gasteiger partial charge in [-0.15, -0.1) is 24.0 Å². The van der Waals surface area contributed by atoms with Crippen LogP contribution in [0.15, 0.2) is 53.5 Å². The van der Waals surface area contributed by atoms with Gasteiger partial charge in [0.2, 0.25) is 0 Å². The molecule has 0 saturated carbocycles. The van der Waals surface area contributed by atoms with E-state index in [9.17, 15) is 9.18 Å². The highest BCUT2D eigenvalue weighted by molar-refractivity contribution is 14.0. The Kier molecular flexibility index (Phi) is 10.7. The van der Waals surface area contributed by atoms with Crippen LogP contribution in [0.5, 0.6) is 5.75 Å². The number of piperidine rings is 1. The number of benzene rings is 2. The molecule has 0 bridgehead atoms. The van der Waals surface area contributed by atoms with Crippen LogP contribution >= 0.6 is 24.0 Å². The number of halogens is 2. The highest BCUT2D eigenvalue weighted by Gasteiger charge is 2.26. The maximum absolute atomic E-state index is 13.3. The molecule has 32 heavy (non-hydrogen) atoms. The van der Waals surface area contributed by atoms with Crippen LogP contribution in [-0.2, 0) is 22.7 Å². The number of likely N-dealkylation sites (tertiary alicyclic amines) is 1. The van der Waals surface area contributed by atoms with E-state index in [1.807, 2.05) is 37.3 Å². The minimum absolute atomic E-state index is 0. The summed E-state index contributed by atoms with van der Waals surface area (Å²) in [5.41, 5.74) is 1.86. The number of esters is 1. The fourth-order valence-electron chi connectivity index (χ4n) is 3.57. The number of carbonyl (C=O) groups excluding carboxylic acids is 1. The van der Waals surface area contributed by atoms with Gasteiger partial charge in [0.25, 0.3) is 0 Å². The van der Waals surface area contributed by atoms with Crippen molar-refractivity contribution in [1.29, 1.82) is 0 Å². The van der Waals surface area contributed by atoms with Gasteiger partial charge in [0.15, 0.2) is 5.96 Å². The largest absolute Gasteiger partial charge is 0.489 e. The summed E-state index contributed by atoms with van der Waals surface area (Å²) in [4.78, 5) is 18.7. The van der Waals surface area contributed by atoms with Gasteiger partial charge < -0.3 is 19.7 Å². The SMILES string of the molecule is CCNC(=NCc1ccc(OCc2cccc(F)c2)cc1)N1CCC(C(=O)OC)CC1.I. The Balaban J connectivity index is 0.00000363. The molecule has 0 unspecified atom stereocenters. The smallest absolute Gasteiger partial charge is 0.308 e. The van der Waals surface area contributed by atoms with Crippen molar-refractivity contribution in [1.82, 2.24) is 10.2 Å². The zero-order chi connectivity index (χ0) is 22.1. The Morgan fingerprint density at radius 2 is 1.88 bits per heavy atom. The maximum Gasteiger partial charge on any atom is 0.308 e. The Morgan fingerprint density at radius 3 is 2.50 bits per heavy atom. The average Bonchev–Trinajstić information content (AvgIpc) is 2.81. The standard InChI is InChI=1S/C24H30FN3O3.HI/c1-3-26-24(28-13-11-20(12-14-28)23(29)30-2)27-16-18-7-9-22(10-8-18)31-17-19-5-4-6-21(25)15-19;/h4-10,15,20H,3,11-14,16-17H2,1-2H3,(H,26,27);1H. The van der Waals surface area contributed by atoms with Gasteiger partial charge in [-0.05, 0) is 55.2 Å². The van der Waals surface area contributed by atoms with E-state index in [1.54, 1.807) is 6.07 Å². The van der Waals surface area contributed by atoms with Gasteiger partial charge in [-0.25, -0.2) is 9.38 Å². The molecule has 8 heteroatoms. The molecular weight excluding hydrogens is 524 g/mol. The average molecular weight is 555 g/mol. The van der Waals surface area contributed by atoms with E-state index < -0.39 is 0 Å². The maximum atomic E-state index is 13.3. The molecule has 1 N–H and O–H groups in total. The van der Waals surface area contributed by atoms with Crippen LogP contribution in [0.1, 0.15) is 30.9 Å². The number of guanidine groups is 1. The van der Waals surface area contributed by atoms with Crippen molar-refractivity contribution in [2.75, 3.05) is 26.7 Å². The monoisotopic (exact) mass is 555 g/mol. The third-order valence-electron chi connectivity index (χ3n) is 5.29. The number of methoxy groups -OCH3 is 1. The molecule has 0 spiro atoms. The lowest BCUT2D eigenvalue weighted by molar-refractivity contribution is -0.146. The zero-order valence-corrected chi connectivity index (χ0v) is 20.9. The van der Waals surface area contributed by atoms with Crippen LogP contribution in [0.2, 0.25) is 0 Å². The molecule has 174 valence electrons. The summed E-state index contributed by atoms with van der Waals surface area (Å²) < 4.78 is 23.9. The summed E-state index contributed by atoms with van der Waals surface area (Å²) in [6.07, 6.45) is 1.54. The fraction of sp³-hybridized carbons (Fsp3) is 0.417. The van der Waals surface area contributed by atoms with Crippen molar-refractivity contribution < 1.29 is 18.7 Å². The summed E-state index contributed by atoms with van der Waals surface area (Å²) in [5.74, 6) is 1.18. The lowest BCUT2D eigenvalue weighted by atomic mass is 9.97. The second kappa shape index (κ2) is 13.2. The van der Waals surface area contributed by atoms with Crippen LogP contribution in [-0.4, -0.2) is 43.6 Å². The lowest BCUT2D eigenvalue weighted by Crippen LogP contribution is -2.46. The number of nitrogens with one attached hydrogen (secondary N) is 1. The van der Waals surface area contributed by atoms with Crippen molar-refractivity contribution in [3.05, 3.63) is 65.5 Å². The summed E-state index contributed by atoms with van der Waals surface area (Å²) in [7, 11) is 1.44. The molecule has 2 aromatic rings. The first-order valence-corrected chi connectivity index (χ1v) is 10.7. The van der Waals surface area contributed by atoms with Crippen molar-refractivity contribution in [2.45, 2.75) is 32.9 Å². The predicted molar refractivity (Wildman–Crippen MR) is 134 cm³/mol.